The van der Waals surface area contributed by atoms with Gasteiger partial charge in [0.2, 0.25) is 0 Å². The maximum atomic E-state index is 12.3. The molecule has 0 aromatic carbocycles. The fourth-order valence-electron chi connectivity index (χ4n) is 5.72. The minimum atomic E-state index is -0.443. The number of unbranched alkanes of at least 4 members (excludes halogenated alkanes) is 28. The van der Waals surface area contributed by atoms with E-state index < -0.39 is 4.92 Å². The normalized spacial score (nSPS) is 12.2. The highest BCUT2D eigenvalue weighted by Crippen LogP contribution is 2.15. The number of amidine groups is 1. The standard InChI is InChI=1S/C35H70N2O3/c1-3-5-7-9-11-13-15-17-19-20-22-24-26-28-30-32-34-36(38)35(37(39)40)33-31-29-27-25-23-21-18-16-14-12-10-8-6-4-2/h3-34H2,1-2H3. The van der Waals surface area contributed by atoms with E-state index in [4.69, 9.17) is 0 Å². The number of nitro groups is 1. The van der Waals surface area contributed by atoms with Crippen molar-refractivity contribution in [3.63, 3.8) is 0 Å². The van der Waals surface area contributed by atoms with Gasteiger partial charge in [0.1, 0.15) is 11.3 Å². The van der Waals surface area contributed by atoms with E-state index in [1.807, 2.05) is 0 Å². The van der Waals surface area contributed by atoms with E-state index >= 15 is 0 Å². The molecule has 0 saturated carbocycles. The molecule has 5 heteroatoms. The van der Waals surface area contributed by atoms with Crippen LogP contribution in [0.4, 0.5) is 0 Å². The lowest BCUT2D eigenvalue weighted by Gasteiger charge is -2.06. The van der Waals surface area contributed by atoms with Crippen molar-refractivity contribution in [1.29, 1.82) is 0 Å². The van der Waals surface area contributed by atoms with Crippen LogP contribution in [-0.4, -0.2) is 22.0 Å². The van der Waals surface area contributed by atoms with Crippen molar-refractivity contribution in [1.82, 2.24) is 0 Å². The van der Waals surface area contributed by atoms with Crippen LogP contribution in [0, 0.1) is 15.3 Å². The van der Waals surface area contributed by atoms with Crippen LogP contribution in [-0.2, 0) is 0 Å². The highest BCUT2D eigenvalue weighted by molar-refractivity contribution is 5.68. The van der Waals surface area contributed by atoms with Gasteiger partial charge in [-0.25, -0.2) is 0 Å². The Morgan fingerprint density at radius 1 is 0.400 bits per heavy atom. The number of hydrogen-bond acceptors (Lipinski definition) is 3. The lowest BCUT2D eigenvalue weighted by Crippen LogP contribution is -2.24. The summed E-state index contributed by atoms with van der Waals surface area (Å²) in [6.45, 7) is 4.81. The van der Waals surface area contributed by atoms with Crippen LogP contribution in [0.1, 0.15) is 213 Å². The molecular weight excluding hydrogens is 496 g/mol. The van der Waals surface area contributed by atoms with Crippen molar-refractivity contribution in [2.45, 2.75) is 213 Å². The van der Waals surface area contributed by atoms with E-state index in [1.54, 1.807) is 0 Å². The minimum absolute atomic E-state index is 0.125. The molecule has 0 heterocycles. The van der Waals surface area contributed by atoms with Gasteiger partial charge in [-0.15, -0.1) is 4.74 Å². The van der Waals surface area contributed by atoms with Gasteiger partial charge >= 0.3 is 5.84 Å². The maximum absolute atomic E-state index is 12.3. The zero-order valence-electron chi connectivity index (χ0n) is 27.2. The van der Waals surface area contributed by atoms with Gasteiger partial charge in [0.05, 0.1) is 0 Å². The van der Waals surface area contributed by atoms with Crippen LogP contribution in [0.2, 0.25) is 0 Å². The summed E-state index contributed by atoms with van der Waals surface area (Å²) in [6.07, 6.45) is 38.6. The molecule has 0 amide bonds. The van der Waals surface area contributed by atoms with Gasteiger partial charge in [-0.05, 0) is 12.8 Å². The first-order valence-electron chi connectivity index (χ1n) is 18.1. The Labute approximate surface area is 250 Å². The average Bonchev–Trinajstić information content (AvgIpc) is 2.94. The average molecular weight is 567 g/mol. The molecule has 0 N–H and O–H groups in total. The summed E-state index contributed by atoms with van der Waals surface area (Å²) in [5.74, 6) is -0.125. The largest absolute Gasteiger partial charge is 0.619 e. The van der Waals surface area contributed by atoms with E-state index in [2.05, 4.69) is 13.8 Å². The highest BCUT2D eigenvalue weighted by Gasteiger charge is 2.22. The first-order chi connectivity index (χ1) is 19.6. The van der Waals surface area contributed by atoms with Crippen LogP contribution in [0.5, 0.6) is 0 Å². The maximum Gasteiger partial charge on any atom is 0.481 e. The molecule has 0 bridgehead atoms. The van der Waals surface area contributed by atoms with E-state index in [1.165, 1.54) is 154 Å². The molecule has 0 aromatic rings. The second kappa shape index (κ2) is 32.4. The van der Waals surface area contributed by atoms with Gasteiger partial charge in [0.15, 0.2) is 6.54 Å². The fraction of sp³-hybridized carbons (Fsp3) is 0.971. The lowest BCUT2D eigenvalue weighted by atomic mass is 10.0. The zero-order chi connectivity index (χ0) is 29.4. The molecule has 0 atom stereocenters. The monoisotopic (exact) mass is 567 g/mol. The predicted octanol–water partition coefficient (Wildman–Crippen LogP) is 12.3. The van der Waals surface area contributed by atoms with E-state index in [0.717, 1.165) is 38.5 Å². The van der Waals surface area contributed by atoms with Gasteiger partial charge in [-0.3, -0.25) is 10.1 Å². The molecule has 0 aromatic heterocycles. The molecule has 0 aliphatic carbocycles. The molecule has 0 unspecified atom stereocenters. The Kier molecular flexibility index (Phi) is 31.5. The number of nitrogens with zero attached hydrogens (tertiary/aromatic N) is 2. The summed E-state index contributed by atoms with van der Waals surface area (Å²) in [4.78, 5) is 11.0. The van der Waals surface area contributed by atoms with Gasteiger partial charge in [-0.2, -0.15) is 0 Å². The third kappa shape index (κ3) is 28.4. The van der Waals surface area contributed by atoms with Crippen LogP contribution in [0.3, 0.4) is 0 Å². The molecule has 238 valence electrons. The zero-order valence-corrected chi connectivity index (χ0v) is 27.2. The molecule has 0 rings (SSSR count). The molecule has 0 fully saturated rings. The first kappa shape index (κ1) is 38.9. The molecular formula is C35H70N2O3. The number of hydrogen-bond donors (Lipinski definition) is 0. The molecule has 40 heavy (non-hydrogen) atoms. The molecule has 0 saturated heterocycles. The Balaban J connectivity index is 3.60. The summed E-state index contributed by atoms with van der Waals surface area (Å²) in [6, 6.07) is 0. The van der Waals surface area contributed by atoms with Crippen LogP contribution in [0.25, 0.3) is 0 Å². The Morgan fingerprint density at radius 2 is 0.650 bits per heavy atom. The highest BCUT2D eigenvalue weighted by atomic mass is 16.6. The van der Waals surface area contributed by atoms with Crippen molar-refractivity contribution in [3.05, 3.63) is 15.3 Å². The van der Waals surface area contributed by atoms with Crippen molar-refractivity contribution in [2.75, 3.05) is 6.54 Å². The van der Waals surface area contributed by atoms with E-state index in [9.17, 15) is 15.3 Å². The Morgan fingerprint density at radius 3 is 0.925 bits per heavy atom. The summed E-state index contributed by atoms with van der Waals surface area (Å²) < 4.78 is 0.673. The number of rotatable bonds is 32. The molecule has 0 aliphatic heterocycles. The quantitative estimate of drug-likeness (QED) is 0.0155. The van der Waals surface area contributed by atoms with Crippen molar-refractivity contribution >= 4 is 5.84 Å². The summed E-state index contributed by atoms with van der Waals surface area (Å²) in [5, 5.41) is 23.7. The van der Waals surface area contributed by atoms with Crippen LogP contribution >= 0.6 is 0 Å². The van der Waals surface area contributed by atoms with Crippen molar-refractivity contribution in [2.24, 2.45) is 0 Å². The smallest absolute Gasteiger partial charge is 0.481 e. The van der Waals surface area contributed by atoms with Gasteiger partial charge in [0, 0.05) is 6.42 Å². The fourth-order valence-corrected chi connectivity index (χ4v) is 5.72. The summed E-state index contributed by atoms with van der Waals surface area (Å²) in [7, 11) is 0. The van der Waals surface area contributed by atoms with Gasteiger partial charge < -0.3 is 5.21 Å². The second-order valence-corrected chi connectivity index (χ2v) is 12.4. The molecule has 0 aliphatic rings. The predicted molar refractivity (Wildman–Crippen MR) is 175 cm³/mol. The topological polar surface area (TPSA) is 69.2 Å². The number of hydroxylamine groups is 1. The van der Waals surface area contributed by atoms with Crippen LogP contribution < -0.4 is 0 Å². The Bertz CT molecular complexity index is 565. The molecule has 0 radical (unpaired) electrons. The lowest BCUT2D eigenvalue weighted by molar-refractivity contribution is -0.527. The second-order valence-electron chi connectivity index (χ2n) is 12.4. The SMILES string of the molecule is CCCCCCCCCCCCCCCCCC[N+]([O-])=C(CCCCCCCCCCCCCCCC)[N+](=O)[O-]. The van der Waals surface area contributed by atoms with E-state index in [-0.39, 0.29) is 12.4 Å². The summed E-state index contributed by atoms with van der Waals surface area (Å²) >= 11 is 0. The Hall–Kier alpha value is -1.13. The first-order valence-corrected chi connectivity index (χ1v) is 18.1. The molecule has 5 nitrogen and oxygen atoms in total. The van der Waals surface area contributed by atoms with Gasteiger partial charge in [-0.1, -0.05) is 187 Å². The van der Waals surface area contributed by atoms with Crippen molar-refractivity contribution < 1.29 is 9.66 Å². The van der Waals surface area contributed by atoms with Gasteiger partial charge in [0.25, 0.3) is 0 Å². The van der Waals surface area contributed by atoms with E-state index in [0.29, 0.717) is 11.2 Å². The third-order valence-electron chi connectivity index (χ3n) is 8.47. The third-order valence-corrected chi connectivity index (χ3v) is 8.47. The van der Waals surface area contributed by atoms with Crippen LogP contribution in [0.15, 0.2) is 0 Å². The molecule has 0 spiro atoms. The van der Waals surface area contributed by atoms with Crippen molar-refractivity contribution in [3.8, 4) is 0 Å². The minimum Gasteiger partial charge on any atom is -0.619 e. The summed E-state index contributed by atoms with van der Waals surface area (Å²) in [5.41, 5.74) is 0.